The fourth-order valence-electron chi connectivity index (χ4n) is 1.35. The zero-order valence-corrected chi connectivity index (χ0v) is 10.5. The van der Waals surface area contributed by atoms with Crippen LogP contribution in [0.5, 0.6) is 0 Å². The number of hydrogen-bond donors (Lipinski definition) is 2. The molecule has 0 fully saturated rings. The third kappa shape index (κ3) is 2.75. The fraction of sp³-hybridized carbons (Fsp3) is 0.0909. The van der Waals surface area contributed by atoms with Crippen molar-refractivity contribution in [2.75, 3.05) is 17.1 Å². The Hall–Kier alpha value is -2.15. The molecule has 0 unspecified atom stereocenters. The Kier molecular flexibility index (Phi) is 3.42. The molecule has 18 heavy (non-hydrogen) atoms. The molecule has 0 saturated heterocycles. The first kappa shape index (κ1) is 12.3. The van der Waals surface area contributed by atoms with Crippen LogP contribution in [0.25, 0.3) is 0 Å². The molecule has 0 bridgehead atoms. The van der Waals surface area contributed by atoms with Crippen LogP contribution in [0.1, 0.15) is 0 Å². The summed E-state index contributed by atoms with van der Waals surface area (Å²) in [7, 11) is -1.85. The SMILES string of the molecule is CNc1ccc(S(=O)(=O)Nc2cccnn2)cc1. The second-order valence-corrected chi connectivity index (χ2v) is 5.17. The molecule has 0 saturated carbocycles. The first-order chi connectivity index (χ1) is 8.62. The lowest BCUT2D eigenvalue weighted by Gasteiger charge is -2.07. The lowest BCUT2D eigenvalue weighted by atomic mass is 10.3. The number of aromatic nitrogens is 2. The lowest BCUT2D eigenvalue weighted by Crippen LogP contribution is -2.14. The van der Waals surface area contributed by atoms with Crippen LogP contribution in [0.2, 0.25) is 0 Å². The molecule has 1 heterocycles. The molecule has 2 rings (SSSR count). The van der Waals surface area contributed by atoms with Gasteiger partial charge < -0.3 is 5.32 Å². The molecule has 0 atom stereocenters. The van der Waals surface area contributed by atoms with Gasteiger partial charge in [-0.2, -0.15) is 5.10 Å². The molecule has 2 aromatic rings. The van der Waals surface area contributed by atoms with Gasteiger partial charge in [-0.15, -0.1) is 5.10 Å². The molecular weight excluding hydrogens is 252 g/mol. The summed E-state index contributed by atoms with van der Waals surface area (Å²) in [5, 5.41) is 10.2. The van der Waals surface area contributed by atoms with Crippen LogP contribution >= 0.6 is 0 Å². The molecular formula is C11H12N4O2S. The van der Waals surface area contributed by atoms with Crippen LogP contribution in [-0.4, -0.2) is 25.7 Å². The van der Waals surface area contributed by atoms with E-state index in [-0.39, 0.29) is 10.7 Å². The number of hydrogen-bond acceptors (Lipinski definition) is 5. The minimum Gasteiger partial charge on any atom is -0.388 e. The van der Waals surface area contributed by atoms with E-state index in [1.807, 2.05) is 0 Å². The minimum atomic E-state index is -3.62. The zero-order valence-electron chi connectivity index (χ0n) is 9.66. The highest BCUT2D eigenvalue weighted by Gasteiger charge is 2.14. The maximum absolute atomic E-state index is 12.0. The predicted molar refractivity (Wildman–Crippen MR) is 68.8 cm³/mol. The van der Waals surface area contributed by atoms with Gasteiger partial charge in [0.25, 0.3) is 10.0 Å². The summed E-state index contributed by atoms with van der Waals surface area (Å²) in [4.78, 5) is 0.173. The van der Waals surface area contributed by atoms with Gasteiger partial charge in [-0.05, 0) is 36.4 Å². The van der Waals surface area contributed by atoms with E-state index in [1.165, 1.54) is 24.4 Å². The Labute approximate surface area is 105 Å². The number of anilines is 2. The van der Waals surface area contributed by atoms with E-state index in [4.69, 9.17) is 0 Å². The van der Waals surface area contributed by atoms with E-state index in [0.717, 1.165) is 5.69 Å². The van der Waals surface area contributed by atoms with Crippen molar-refractivity contribution in [3.63, 3.8) is 0 Å². The van der Waals surface area contributed by atoms with Gasteiger partial charge >= 0.3 is 0 Å². The van der Waals surface area contributed by atoms with Crippen LogP contribution in [0, 0.1) is 0 Å². The number of nitrogens with one attached hydrogen (secondary N) is 2. The molecule has 0 aliphatic carbocycles. The van der Waals surface area contributed by atoms with Gasteiger partial charge in [-0.3, -0.25) is 4.72 Å². The lowest BCUT2D eigenvalue weighted by molar-refractivity contribution is 0.601. The molecule has 6 nitrogen and oxygen atoms in total. The molecule has 0 aliphatic rings. The topological polar surface area (TPSA) is 84.0 Å². The van der Waals surface area contributed by atoms with E-state index < -0.39 is 10.0 Å². The van der Waals surface area contributed by atoms with Gasteiger partial charge in [0.1, 0.15) is 0 Å². The molecule has 1 aromatic carbocycles. The van der Waals surface area contributed by atoms with Crippen molar-refractivity contribution in [2.24, 2.45) is 0 Å². The van der Waals surface area contributed by atoms with E-state index >= 15 is 0 Å². The van der Waals surface area contributed by atoms with Crippen molar-refractivity contribution in [3.8, 4) is 0 Å². The molecule has 0 spiro atoms. The van der Waals surface area contributed by atoms with Gasteiger partial charge in [0, 0.05) is 18.9 Å². The predicted octanol–water partition coefficient (Wildman–Crippen LogP) is 1.32. The standard InChI is InChI=1S/C11H12N4O2S/c1-12-9-4-6-10(7-5-9)18(16,17)15-11-3-2-8-13-14-11/h2-8,12H,1H3,(H,14,15). The maximum atomic E-state index is 12.0. The molecule has 2 N–H and O–H groups in total. The van der Waals surface area contributed by atoms with Crippen molar-refractivity contribution >= 4 is 21.5 Å². The first-order valence-electron chi connectivity index (χ1n) is 5.20. The van der Waals surface area contributed by atoms with Gasteiger partial charge in [0.05, 0.1) is 4.90 Å². The first-order valence-corrected chi connectivity index (χ1v) is 6.68. The van der Waals surface area contributed by atoms with Crippen LogP contribution in [0.4, 0.5) is 11.5 Å². The summed E-state index contributed by atoms with van der Waals surface area (Å²) < 4.78 is 26.4. The Morgan fingerprint density at radius 3 is 2.39 bits per heavy atom. The normalized spacial score (nSPS) is 10.9. The highest BCUT2D eigenvalue weighted by atomic mass is 32.2. The minimum absolute atomic E-state index is 0.173. The van der Waals surface area contributed by atoms with Crippen molar-refractivity contribution in [1.29, 1.82) is 0 Å². The Morgan fingerprint density at radius 2 is 1.83 bits per heavy atom. The number of benzene rings is 1. The average molecular weight is 264 g/mol. The second-order valence-electron chi connectivity index (χ2n) is 3.49. The Balaban J connectivity index is 2.25. The Bertz CT molecular complexity index is 611. The number of sulfonamides is 1. The zero-order chi connectivity index (χ0) is 13.0. The van der Waals surface area contributed by atoms with Crippen LogP contribution in [-0.2, 0) is 10.0 Å². The summed E-state index contributed by atoms with van der Waals surface area (Å²) in [5.41, 5.74) is 0.841. The third-order valence-corrected chi connectivity index (χ3v) is 3.64. The quantitative estimate of drug-likeness (QED) is 0.870. The number of nitrogens with zero attached hydrogens (tertiary/aromatic N) is 2. The van der Waals surface area contributed by atoms with Gasteiger partial charge in [0.2, 0.25) is 0 Å². The van der Waals surface area contributed by atoms with Crippen molar-refractivity contribution in [2.45, 2.75) is 4.90 Å². The van der Waals surface area contributed by atoms with Gasteiger partial charge in [-0.1, -0.05) is 0 Å². The maximum Gasteiger partial charge on any atom is 0.263 e. The summed E-state index contributed by atoms with van der Waals surface area (Å²) in [5.74, 6) is 0.190. The highest BCUT2D eigenvalue weighted by molar-refractivity contribution is 7.92. The summed E-state index contributed by atoms with van der Waals surface area (Å²) in [6, 6.07) is 9.55. The van der Waals surface area contributed by atoms with Crippen LogP contribution in [0.3, 0.4) is 0 Å². The largest absolute Gasteiger partial charge is 0.388 e. The van der Waals surface area contributed by atoms with E-state index in [9.17, 15) is 8.42 Å². The summed E-state index contributed by atoms with van der Waals surface area (Å²) >= 11 is 0. The van der Waals surface area contributed by atoms with Gasteiger partial charge in [0.15, 0.2) is 5.82 Å². The van der Waals surface area contributed by atoms with E-state index in [1.54, 1.807) is 25.2 Å². The number of rotatable bonds is 4. The van der Waals surface area contributed by atoms with E-state index in [0.29, 0.717) is 0 Å². The van der Waals surface area contributed by atoms with E-state index in [2.05, 4.69) is 20.2 Å². The fourth-order valence-corrected chi connectivity index (χ4v) is 2.35. The smallest absolute Gasteiger partial charge is 0.263 e. The molecule has 0 radical (unpaired) electrons. The second kappa shape index (κ2) is 5.01. The Morgan fingerprint density at radius 1 is 1.11 bits per heavy atom. The third-order valence-electron chi connectivity index (χ3n) is 2.26. The van der Waals surface area contributed by atoms with Crippen LogP contribution in [0.15, 0.2) is 47.5 Å². The van der Waals surface area contributed by atoms with Gasteiger partial charge in [-0.25, -0.2) is 8.42 Å². The summed E-state index contributed by atoms with van der Waals surface area (Å²) in [6.45, 7) is 0. The van der Waals surface area contributed by atoms with Crippen molar-refractivity contribution in [3.05, 3.63) is 42.6 Å². The summed E-state index contributed by atoms with van der Waals surface area (Å²) in [6.07, 6.45) is 1.47. The molecule has 0 aliphatic heterocycles. The monoisotopic (exact) mass is 264 g/mol. The van der Waals surface area contributed by atoms with Crippen molar-refractivity contribution < 1.29 is 8.42 Å². The average Bonchev–Trinajstić information content (AvgIpc) is 2.39. The molecule has 0 amide bonds. The molecule has 7 heteroatoms. The van der Waals surface area contributed by atoms with Crippen LogP contribution < -0.4 is 10.0 Å². The molecule has 1 aromatic heterocycles. The highest BCUT2D eigenvalue weighted by Crippen LogP contribution is 2.16. The van der Waals surface area contributed by atoms with Crippen molar-refractivity contribution in [1.82, 2.24) is 10.2 Å². The molecule has 94 valence electrons.